The van der Waals surface area contributed by atoms with Crippen molar-refractivity contribution in [2.24, 2.45) is 5.92 Å². The fourth-order valence-electron chi connectivity index (χ4n) is 5.21. The molecule has 2 saturated heterocycles. The van der Waals surface area contributed by atoms with Gasteiger partial charge in [-0.1, -0.05) is 5.16 Å². The van der Waals surface area contributed by atoms with E-state index in [0.717, 1.165) is 45.3 Å². The summed E-state index contributed by atoms with van der Waals surface area (Å²) in [5.74, 6) is 2.05. The van der Waals surface area contributed by atoms with E-state index in [9.17, 15) is 9.90 Å². The van der Waals surface area contributed by atoms with Crippen LogP contribution in [0.4, 0.5) is 16.8 Å². The molecule has 2 N–H and O–H groups in total. The summed E-state index contributed by atoms with van der Waals surface area (Å²) in [6, 6.07) is 0.485. The van der Waals surface area contributed by atoms with Crippen LogP contribution in [0.2, 0.25) is 0 Å². The Kier molecular flexibility index (Phi) is 7.34. The Morgan fingerprint density at radius 2 is 1.84 bits per heavy atom. The summed E-state index contributed by atoms with van der Waals surface area (Å²) in [5.41, 5.74) is -1.43. The van der Waals surface area contributed by atoms with Gasteiger partial charge in [-0.25, -0.2) is 14.8 Å². The zero-order chi connectivity index (χ0) is 26.9. The fourth-order valence-corrected chi connectivity index (χ4v) is 5.21. The first kappa shape index (κ1) is 26.5. The van der Waals surface area contributed by atoms with Gasteiger partial charge < -0.3 is 34.2 Å². The third kappa shape index (κ3) is 6.11. The van der Waals surface area contributed by atoms with Crippen molar-refractivity contribution in [3.63, 3.8) is 0 Å². The highest BCUT2D eigenvalue weighted by Gasteiger charge is 2.41. The molecule has 5 rings (SSSR count). The number of nitrogens with one attached hydrogen (secondary N) is 1. The third-order valence-electron chi connectivity index (χ3n) is 7.61. The minimum absolute atomic E-state index is 0.00280. The maximum Gasteiger partial charge on any atom is 0.407 e. The molecule has 0 aromatic carbocycles. The molecule has 4 heterocycles. The average molecular weight is 530 g/mol. The van der Waals surface area contributed by atoms with E-state index in [2.05, 4.69) is 42.1 Å². The number of hydrogen-bond donors (Lipinski definition) is 2. The molecule has 2 aromatic rings. The number of rotatable bonds is 7. The first-order valence-corrected chi connectivity index (χ1v) is 13.6. The molecule has 208 valence electrons. The molecule has 0 radical (unpaired) electrons. The van der Waals surface area contributed by atoms with Crippen LogP contribution < -0.4 is 19.9 Å². The van der Waals surface area contributed by atoms with Gasteiger partial charge in [0, 0.05) is 26.2 Å². The molecule has 1 aliphatic carbocycles. The maximum absolute atomic E-state index is 12.1. The van der Waals surface area contributed by atoms with Crippen molar-refractivity contribution in [1.29, 1.82) is 0 Å². The highest BCUT2D eigenvalue weighted by Crippen LogP contribution is 2.40. The van der Waals surface area contributed by atoms with Gasteiger partial charge in [0.1, 0.15) is 11.2 Å². The molecule has 0 bridgehead atoms. The number of piperidine rings is 1. The molecule has 2 aromatic heterocycles. The molecular weight excluding hydrogens is 490 g/mol. The van der Waals surface area contributed by atoms with Crippen molar-refractivity contribution in [2.75, 3.05) is 36.0 Å². The standard InChI is InChI=1S/C26H39N7O5/c1-17(18-6-11-32(12-7-18)23-30-21(31-38-23)26(35)9-5-10-26)36-20-14-27-22(28-15-20)33-13-8-19(16-33)29-24(34)37-25(2,3)4/h14-15,17-19,35H,5-13,16H2,1-4H3,(H,29,34). The van der Waals surface area contributed by atoms with Gasteiger partial charge >= 0.3 is 12.1 Å². The summed E-state index contributed by atoms with van der Waals surface area (Å²) < 4.78 is 17.0. The molecule has 3 fully saturated rings. The van der Waals surface area contributed by atoms with Crippen LogP contribution in [0.15, 0.2) is 16.9 Å². The Morgan fingerprint density at radius 3 is 2.47 bits per heavy atom. The second-order valence-corrected chi connectivity index (χ2v) is 11.7. The van der Waals surface area contributed by atoms with Crippen LogP contribution in [-0.4, -0.2) is 75.2 Å². The topological polar surface area (TPSA) is 139 Å². The second kappa shape index (κ2) is 10.5. The summed E-state index contributed by atoms with van der Waals surface area (Å²) in [4.78, 5) is 29.7. The first-order valence-electron chi connectivity index (χ1n) is 13.6. The van der Waals surface area contributed by atoms with E-state index in [1.807, 2.05) is 20.8 Å². The van der Waals surface area contributed by atoms with E-state index in [4.69, 9.17) is 14.0 Å². The fraction of sp³-hybridized carbons (Fsp3) is 0.731. The number of aromatic nitrogens is 4. The molecular formula is C26H39N7O5. The Morgan fingerprint density at radius 1 is 1.16 bits per heavy atom. The van der Waals surface area contributed by atoms with E-state index in [-0.39, 0.29) is 12.1 Å². The number of aliphatic hydroxyl groups is 1. The second-order valence-electron chi connectivity index (χ2n) is 11.7. The van der Waals surface area contributed by atoms with Gasteiger partial charge in [0.25, 0.3) is 0 Å². The monoisotopic (exact) mass is 529 g/mol. The minimum atomic E-state index is -0.909. The first-order chi connectivity index (χ1) is 18.1. The molecule has 2 aliphatic heterocycles. The van der Waals surface area contributed by atoms with Crippen molar-refractivity contribution in [1.82, 2.24) is 25.4 Å². The van der Waals surface area contributed by atoms with E-state index in [1.54, 1.807) is 12.4 Å². The average Bonchev–Trinajstić information content (AvgIpc) is 3.52. The lowest BCUT2D eigenvalue weighted by molar-refractivity contribution is -0.0482. The molecule has 12 nitrogen and oxygen atoms in total. The van der Waals surface area contributed by atoms with E-state index < -0.39 is 17.3 Å². The highest BCUT2D eigenvalue weighted by atomic mass is 16.6. The zero-order valence-electron chi connectivity index (χ0n) is 22.7. The number of ether oxygens (including phenoxy) is 2. The van der Waals surface area contributed by atoms with E-state index in [1.165, 1.54) is 0 Å². The van der Waals surface area contributed by atoms with Crippen LogP contribution in [-0.2, 0) is 10.3 Å². The predicted octanol–water partition coefficient (Wildman–Crippen LogP) is 3.02. The largest absolute Gasteiger partial charge is 0.487 e. The van der Waals surface area contributed by atoms with Crippen LogP contribution in [0.3, 0.4) is 0 Å². The van der Waals surface area contributed by atoms with Gasteiger partial charge in [-0.2, -0.15) is 4.98 Å². The number of nitrogens with zero attached hydrogens (tertiary/aromatic N) is 6. The van der Waals surface area contributed by atoms with Crippen LogP contribution in [0, 0.1) is 5.92 Å². The number of carbonyl (C=O) groups excluding carboxylic acids is 1. The molecule has 3 aliphatic rings. The van der Waals surface area contributed by atoms with Crippen molar-refractivity contribution in [3.8, 4) is 5.75 Å². The van der Waals surface area contributed by atoms with Crippen LogP contribution >= 0.6 is 0 Å². The van der Waals surface area contributed by atoms with Crippen LogP contribution in [0.5, 0.6) is 5.75 Å². The molecule has 12 heteroatoms. The smallest absolute Gasteiger partial charge is 0.407 e. The van der Waals surface area contributed by atoms with E-state index in [0.29, 0.717) is 48.8 Å². The number of alkyl carbamates (subject to hydrolysis) is 1. The predicted molar refractivity (Wildman–Crippen MR) is 139 cm³/mol. The van der Waals surface area contributed by atoms with Gasteiger partial charge in [0.15, 0.2) is 5.75 Å². The minimum Gasteiger partial charge on any atom is -0.487 e. The summed E-state index contributed by atoms with van der Waals surface area (Å²) >= 11 is 0. The van der Waals surface area contributed by atoms with Crippen molar-refractivity contribution >= 4 is 18.1 Å². The third-order valence-corrected chi connectivity index (χ3v) is 7.61. The molecule has 38 heavy (non-hydrogen) atoms. The Hall–Kier alpha value is -3.15. The Bertz CT molecular complexity index is 1090. The van der Waals surface area contributed by atoms with Crippen molar-refractivity contribution in [3.05, 3.63) is 18.2 Å². The van der Waals surface area contributed by atoms with Gasteiger partial charge in [-0.3, -0.25) is 0 Å². The van der Waals surface area contributed by atoms with Crippen molar-refractivity contribution in [2.45, 2.75) is 89.6 Å². The lowest BCUT2D eigenvalue weighted by atomic mass is 9.80. The van der Waals surface area contributed by atoms with Gasteiger partial charge in [-0.15, -0.1) is 0 Å². The number of amides is 1. The normalized spacial score (nSPS) is 22.6. The van der Waals surface area contributed by atoms with Crippen LogP contribution in [0.25, 0.3) is 0 Å². The highest BCUT2D eigenvalue weighted by molar-refractivity contribution is 5.68. The van der Waals surface area contributed by atoms with Crippen LogP contribution in [0.1, 0.15) is 72.0 Å². The van der Waals surface area contributed by atoms with Gasteiger partial charge in [0.2, 0.25) is 11.8 Å². The molecule has 1 saturated carbocycles. The molecule has 0 spiro atoms. The van der Waals surface area contributed by atoms with Gasteiger partial charge in [0.05, 0.1) is 24.5 Å². The molecule has 1 amide bonds. The summed E-state index contributed by atoms with van der Waals surface area (Å²) in [5, 5.41) is 17.4. The SMILES string of the molecule is CC(Oc1cnc(N2CCC(NC(=O)OC(C)(C)C)C2)nc1)C1CCN(c2nc(C3(O)CCC3)no2)CC1. The zero-order valence-corrected chi connectivity index (χ0v) is 22.7. The maximum atomic E-state index is 12.1. The number of anilines is 2. The quantitative estimate of drug-likeness (QED) is 0.547. The lowest BCUT2D eigenvalue weighted by Gasteiger charge is -2.34. The summed E-state index contributed by atoms with van der Waals surface area (Å²) in [7, 11) is 0. The number of hydrogen-bond acceptors (Lipinski definition) is 11. The van der Waals surface area contributed by atoms with Crippen molar-refractivity contribution < 1.29 is 23.9 Å². The van der Waals surface area contributed by atoms with E-state index >= 15 is 0 Å². The number of carbonyl (C=O) groups is 1. The molecule has 2 unspecified atom stereocenters. The Labute approximate surface area is 223 Å². The van der Waals surface area contributed by atoms with Gasteiger partial charge in [-0.05, 0) is 72.1 Å². The Balaban J connectivity index is 1.07. The lowest BCUT2D eigenvalue weighted by Crippen LogP contribution is -2.40. The molecule has 2 atom stereocenters. The summed E-state index contributed by atoms with van der Waals surface area (Å²) in [6.07, 6.45) is 8.09. The summed E-state index contributed by atoms with van der Waals surface area (Å²) in [6.45, 7) is 10.6.